The van der Waals surface area contributed by atoms with Gasteiger partial charge in [-0.3, -0.25) is 9.59 Å². The van der Waals surface area contributed by atoms with Crippen LogP contribution in [0.2, 0.25) is 0 Å². The minimum Gasteiger partial charge on any atom is -0.383 e. The maximum atomic E-state index is 13.2. The normalized spacial score (nSPS) is 17.7. The second kappa shape index (κ2) is 8.05. The van der Waals surface area contributed by atoms with Crippen molar-refractivity contribution in [2.75, 3.05) is 29.1 Å². The van der Waals surface area contributed by atoms with Crippen molar-refractivity contribution in [1.82, 2.24) is 4.98 Å². The van der Waals surface area contributed by atoms with Gasteiger partial charge >= 0.3 is 0 Å². The zero-order valence-electron chi connectivity index (χ0n) is 15.8. The Labute approximate surface area is 171 Å². The summed E-state index contributed by atoms with van der Waals surface area (Å²) in [5, 5.41) is 14.5. The van der Waals surface area contributed by atoms with Crippen LogP contribution in [0.5, 0.6) is 0 Å². The van der Waals surface area contributed by atoms with E-state index in [9.17, 15) is 19.1 Å². The molecule has 1 aliphatic rings. The van der Waals surface area contributed by atoms with E-state index in [0.717, 1.165) is 10.8 Å². The second-order valence-corrected chi connectivity index (χ2v) is 6.82. The van der Waals surface area contributed by atoms with Crippen molar-refractivity contribution in [2.45, 2.75) is 12.2 Å². The van der Waals surface area contributed by atoms with Crippen LogP contribution in [-0.2, 0) is 14.3 Å². The number of halogens is 1. The molecule has 8 nitrogen and oxygen atoms in total. The number of rotatable bonds is 4. The molecule has 1 aromatic heterocycles. The lowest BCUT2D eigenvalue weighted by Gasteiger charge is -2.34. The van der Waals surface area contributed by atoms with Gasteiger partial charge in [0.05, 0.1) is 6.61 Å². The first kappa shape index (κ1) is 19.7. The molecule has 0 spiro atoms. The number of pyridine rings is 1. The number of amides is 2. The van der Waals surface area contributed by atoms with Crippen LogP contribution in [0.15, 0.2) is 54.7 Å². The Bertz CT molecular complexity index is 1110. The fraction of sp³-hybridized carbons (Fsp3) is 0.190. The lowest BCUT2D eigenvalue weighted by atomic mass is 10.1. The van der Waals surface area contributed by atoms with Gasteiger partial charge in [-0.2, -0.15) is 0 Å². The third kappa shape index (κ3) is 3.80. The Kier molecular flexibility index (Phi) is 5.30. The highest BCUT2D eigenvalue weighted by Gasteiger charge is 2.39. The van der Waals surface area contributed by atoms with Gasteiger partial charge < -0.3 is 25.8 Å². The van der Waals surface area contributed by atoms with E-state index < -0.39 is 29.8 Å². The number of nitrogen functional groups attached to an aromatic ring is 1. The molecule has 1 aliphatic heterocycles. The molecule has 0 aliphatic carbocycles. The number of hydrogen-bond donors (Lipinski definition) is 3. The quantitative estimate of drug-likeness (QED) is 0.603. The van der Waals surface area contributed by atoms with Crippen molar-refractivity contribution in [1.29, 1.82) is 0 Å². The fourth-order valence-electron chi connectivity index (χ4n) is 3.34. The number of nitrogens with zero attached hydrogens (tertiary/aromatic N) is 2. The molecule has 2 unspecified atom stereocenters. The van der Waals surface area contributed by atoms with E-state index in [1.165, 1.54) is 29.2 Å². The Hall–Kier alpha value is -3.56. The van der Waals surface area contributed by atoms with Crippen molar-refractivity contribution in [3.05, 3.63) is 60.5 Å². The van der Waals surface area contributed by atoms with Crippen LogP contribution in [0, 0.1) is 5.82 Å². The van der Waals surface area contributed by atoms with Crippen LogP contribution in [0.1, 0.15) is 0 Å². The molecule has 0 bridgehead atoms. The van der Waals surface area contributed by atoms with Gasteiger partial charge in [-0.15, -0.1) is 0 Å². The van der Waals surface area contributed by atoms with Crippen LogP contribution in [0.3, 0.4) is 0 Å². The summed E-state index contributed by atoms with van der Waals surface area (Å²) in [5.74, 6) is -1.42. The van der Waals surface area contributed by atoms with Gasteiger partial charge in [0.25, 0.3) is 11.8 Å². The molecule has 1 saturated heterocycles. The van der Waals surface area contributed by atoms with Gasteiger partial charge in [-0.05, 0) is 53.9 Å². The summed E-state index contributed by atoms with van der Waals surface area (Å²) in [5.41, 5.74) is 6.71. The van der Waals surface area contributed by atoms with Gasteiger partial charge in [-0.1, -0.05) is 0 Å². The standard InChI is InChI=1S/C21H19FN4O4/c22-13-1-4-15(5-2-13)26-9-10-30-18(21(26)29)17(27)20(28)25-14-3-6-16-12(11-14)7-8-24-19(16)23/h1-8,11,17-18,27H,9-10H2,(H2,23,24)(H,25,28). The summed E-state index contributed by atoms with van der Waals surface area (Å²) in [7, 11) is 0. The van der Waals surface area contributed by atoms with Gasteiger partial charge in [-0.25, -0.2) is 9.37 Å². The van der Waals surface area contributed by atoms with E-state index >= 15 is 0 Å². The molecule has 9 heteroatoms. The molecule has 1 fully saturated rings. The number of aliphatic hydroxyl groups excluding tert-OH is 1. The average Bonchev–Trinajstić information content (AvgIpc) is 2.74. The van der Waals surface area contributed by atoms with E-state index in [0.29, 0.717) is 17.2 Å². The molecule has 2 aromatic carbocycles. The Morgan fingerprint density at radius 3 is 2.80 bits per heavy atom. The number of benzene rings is 2. The van der Waals surface area contributed by atoms with Crippen molar-refractivity contribution in [3.63, 3.8) is 0 Å². The van der Waals surface area contributed by atoms with Crippen LogP contribution in [0.25, 0.3) is 10.8 Å². The number of carbonyl (C=O) groups excluding carboxylic acids is 2. The van der Waals surface area contributed by atoms with Crippen molar-refractivity contribution in [3.8, 4) is 0 Å². The molecule has 0 radical (unpaired) electrons. The third-order valence-corrected chi connectivity index (χ3v) is 4.88. The van der Waals surface area contributed by atoms with Crippen molar-refractivity contribution >= 4 is 39.8 Å². The van der Waals surface area contributed by atoms with E-state index in [1.807, 2.05) is 0 Å². The SMILES string of the molecule is Nc1nccc2cc(NC(=O)C(O)C3OCCN(c4ccc(F)cc4)C3=O)ccc12. The fourth-order valence-corrected chi connectivity index (χ4v) is 3.34. The van der Waals surface area contributed by atoms with Crippen molar-refractivity contribution < 1.29 is 23.8 Å². The molecule has 2 atom stereocenters. The number of anilines is 3. The number of morpholine rings is 1. The van der Waals surface area contributed by atoms with Gasteiger partial charge in [0, 0.05) is 29.5 Å². The number of nitrogens with one attached hydrogen (secondary N) is 1. The molecule has 4 N–H and O–H groups in total. The molecule has 4 rings (SSSR count). The van der Waals surface area contributed by atoms with Gasteiger partial charge in [0.2, 0.25) is 0 Å². The first-order chi connectivity index (χ1) is 14.4. The topological polar surface area (TPSA) is 118 Å². The number of hydrogen-bond acceptors (Lipinski definition) is 6. The van der Waals surface area contributed by atoms with Crippen LogP contribution >= 0.6 is 0 Å². The van der Waals surface area contributed by atoms with E-state index in [-0.39, 0.29) is 13.2 Å². The summed E-state index contributed by atoms with van der Waals surface area (Å²) < 4.78 is 18.5. The predicted octanol–water partition coefficient (Wildman–Crippen LogP) is 1.69. The molecular formula is C21H19FN4O4. The maximum absolute atomic E-state index is 13.2. The van der Waals surface area contributed by atoms with E-state index in [1.54, 1.807) is 30.5 Å². The second-order valence-electron chi connectivity index (χ2n) is 6.82. The minimum absolute atomic E-state index is 0.125. The molecule has 2 heterocycles. The van der Waals surface area contributed by atoms with Crippen molar-refractivity contribution in [2.24, 2.45) is 0 Å². The number of aromatic nitrogens is 1. The molecule has 3 aromatic rings. The largest absolute Gasteiger partial charge is 0.383 e. The molecule has 30 heavy (non-hydrogen) atoms. The zero-order chi connectivity index (χ0) is 21.3. The monoisotopic (exact) mass is 410 g/mol. The molecular weight excluding hydrogens is 391 g/mol. The van der Waals surface area contributed by atoms with Crippen LogP contribution < -0.4 is 16.0 Å². The summed E-state index contributed by atoms with van der Waals surface area (Å²) in [6.45, 7) is 0.357. The minimum atomic E-state index is -1.72. The highest BCUT2D eigenvalue weighted by atomic mass is 19.1. The lowest BCUT2D eigenvalue weighted by Crippen LogP contribution is -2.55. The van der Waals surface area contributed by atoms with E-state index in [2.05, 4.69) is 10.3 Å². The zero-order valence-corrected chi connectivity index (χ0v) is 15.8. The van der Waals surface area contributed by atoms with Crippen LogP contribution in [0.4, 0.5) is 21.6 Å². The third-order valence-electron chi connectivity index (χ3n) is 4.88. The summed E-state index contributed by atoms with van der Waals surface area (Å²) >= 11 is 0. The summed E-state index contributed by atoms with van der Waals surface area (Å²) in [6, 6.07) is 12.1. The maximum Gasteiger partial charge on any atom is 0.259 e. The van der Waals surface area contributed by atoms with Gasteiger partial charge in [0.1, 0.15) is 11.6 Å². The van der Waals surface area contributed by atoms with Crippen LogP contribution in [-0.4, -0.2) is 47.3 Å². The Morgan fingerprint density at radius 1 is 1.27 bits per heavy atom. The van der Waals surface area contributed by atoms with E-state index in [4.69, 9.17) is 10.5 Å². The molecule has 2 amide bonds. The van der Waals surface area contributed by atoms with Gasteiger partial charge in [0.15, 0.2) is 12.2 Å². The first-order valence-electron chi connectivity index (χ1n) is 9.26. The molecule has 0 saturated carbocycles. The summed E-state index contributed by atoms with van der Waals surface area (Å²) in [6.07, 6.45) is -1.54. The lowest BCUT2D eigenvalue weighted by molar-refractivity contribution is -0.150. The number of nitrogens with two attached hydrogens (primary N) is 1. The Balaban J connectivity index is 1.49. The molecule has 154 valence electrons. The highest BCUT2D eigenvalue weighted by molar-refractivity contribution is 6.04. The predicted molar refractivity (Wildman–Crippen MR) is 109 cm³/mol. The highest BCUT2D eigenvalue weighted by Crippen LogP contribution is 2.24. The number of ether oxygens (including phenoxy) is 1. The first-order valence-corrected chi connectivity index (χ1v) is 9.26. The Morgan fingerprint density at radius 2 is 2.03 bits per heavy atom. The number of aliphatic hydroxyl groups is 1. The smallest absolute Gasteiger partial charge is 0.259 e. The average molecular weight is 410 g/mol. The summed E-state index contributed by atoms with van der Waals surface area (Å²) in [4.78, 5) is 30.7. The number of carbonyl (C=O) groups is 2. The number of fused-ring (bicyclic) bond motifs is 1.